The van der Waals surface area contributed by atoms with E-state index < -0.39 is 11.6 Å². The van der Waals surface area contributed by atoms with Gasteiger partial charge in [0.25, 0.3) is 0 Å². The van der Waals surface area contributed by atoms with Crippen LogP contribution < -0.4 is 11.4 Å². The van der Waals surface area contributed by atoms with Gasteiger partial charge < -0.3 is 5.73 Å². The lowest BCUT2D eigenvalue weighted by atomic mass is 9.88. The zero-order valence-corrected chi connectivity index (χ0v) is 11.9. The smallest absolute Gasteiger partial charge is 0.328 e. The van der Waals surface area contributed by atoms with Gasteiger partial charge in [-0.15, -0.1) is 0 Å². The number of benzene rings is 1. The first kappa shape index (κ1) is 13.6. The summed E-state index contributed by atoms with van der Waals surface area (Å²) in [5.74, 6) is -0.581. The number of hydrogen-bond acceptors (Lipinski definition) is 3. The topological polar surface area (TPSA) is 65.8 Å². The van der Waals surface area contributed by atoms with Crippen molar-refractivity contribution in [3.63, 3.8) is 0 Å². The predicted molar refractivity (Wildman–Crippen MR) is 75.6 cm³/mol. The average molecular weight is 306 g/mol. The second-order valence-electron chi connectivity index (χ2n) is 6.16. The van der Waals surface area contributed by atoms with Gasteiger partial charge in [0, 0.05) is 18.5 Å². The minimum absolute atomic E-state index is 0.0468. The molecule has 2 heterocycles. The molecule has 0 unspecified atom stereocenters. The van der Waals surface area contributed by atoms with Crippen molar-refractivity contribution in [1.29, 1.82) is 0 Å². The molecule has 1 aliphatic carbocycles. The second kappa shape index (κ2) is 4.74. The molecule has 1 aromatic heterocycles. The van der Waals surface area contributed by atoms with Crippen molar-refractivity contribution in [2.24, 2.45) is 5.73 Å². The molecule has 2 aromatic rings. The van der Waals surface area contributed by atoms with Crippen molar-refractivity contribution in [3.05, 3.63) is 51.7 Å². The van der Waals surface area contributed by atoms with Crippen LogP contribution in [0.15, 0.2) is 23.0 Å². The van der Waals surface area contributed by atoms with Crippen molar-refractivity contribution in [2.45, 2.75) is 43.8 Å². The molecule has 2 aliphatic rings. The minimum atomic E-state index is -0.631. The fourth-order valence-electron chi connectivity index (χ4n) is 3.47. The summed E-state index contributed by atoms with van der Waals surface area (Å²) in [4.78, 5) is 12.6. The number of fused-ring (bicyclic) bond motifs is 1. The molecule has 2 N–H and O–H groups in total. The summed E-state index contributed by atoms with van der Waals surface area (Å²) in [6, 6.07) is 3.22. The molecule has 1 saturated carbocycles. The van der Waals surface area contributed by atoms with Crippen LogP contribution in [0.1, 0.15) is 42.7 Å². The van der Waals surface area contributed by atoms with Gasteiger partial charge in [-0.2, -0.15) is 5.10 Å². The van der Waals surface area contributed by atoms with E-state index in [-0.39, 0.29) is 23.8 Å². The molecule has 0 spiro atoms. The minimum Gasteiger partial charge on any atom is -0.328 e. The lowest BCUT2D eigenvalue weighted by Gasteiger charge is -2.31. The molecule has 1 fully saturated rings. The van der Waals surface area contributed by atoms with E-state index in [1.165, 1.54) is 16.8 Å². The van der Waals surface area contributed by atoms with Gasteiger partial charge in [0.2, 0.25) is 0 Å². The van der Waals surface area contributed by atoms with E-state index in [4.69, 9.17) is 5.73 Å². The van der Waals surface area contributed by atoms with Gasteiger partial charge in [-0.05, 0) is 37.0 Å². The SMILES string of the molecule is NC1CC(n2nc3n(c2=O)[C@H](c2cc(F)cc(F)c2)CC3)C1. The van der Waals surface area contributed by atoms with E-state index >= 15 is 0 Å². The maximum atomic E-state index is 13.4. The summed E-state index contributed by atoms with van der Waals surface area (Å²) in [5.41, 5.74) is 6.03. The molecule has 4 rings (SSSR count). The Labute approximate surface area is 125 Å². The molecule has 5 nitrogen and oxygen atoms in total. The molecule has 116 valence electrons. The van der Waals surface area contributed by atoms with E-state index in [1.807, 2.05) is 0 Å². The van der Waals surface area contributed by atoms with Gasteiger partial charge >= 0.3 is 5.69 Å². The van der Waals surface area contributed by atoms with Crippen LogP contribution in [0.25, 0.3) is 0 Å². The van der Waals surface area contributed by atoms with Crippen molar-refractivity contribution in [1.82, 2.24) is 14.3 Å². The number of rotatable bonds is 2. The van der Waals surface area contributed by atoms with Crippen LogP contribution in [0.5, 0.6) is 0 Å². The Morgan fingerprint density at radius 1 is 1.18 bits per heavy atom. The van der Waals surface area contributed by atoms with Crippen LogP contribution in [0.4, 0.5) is 8.78 Å². The van der Waals surface area contributed by atoms with Crippen molar-refractivity contribution < 1.29 is 8.78 Å². The third-order valence-electron chi connectivity index (χ3n) is 4.62. The van der Waals surface area contributed by atoms with Crippen molar-refractivity contribution in [3.8, 4) is 0 Å². The molecule has 0 amide bonds. The van der Waals surface area contributed by atoms with Gasteiger partial charge in [0.15, 0.2) is 0 Å². The highest BCUT2D eigenvalue weighted by atomic mass is 19.1. The molecule has 7 heteroatoms. The van der Waals surface area contributed by atoms with E-state index in [1.54, 1.807) is 4.57 Å². The molecule has 22 heavy (non-hydrogen) atoms. The lowest BCUT2D eigenvalue weighted by molar-refractivity contribution is 0.238. The molecule has 1 aliphatic heterocycles. The number of aryl methyl sites for hydroxylation is 1. The van der Waals surface area contributed by atoms with Gasteiger partial charge in [0.1, 0.15) is 17.5 Å². The Kier molecular flexibility index (Phi) is 2.94. The fraction of sp³-hybridized carbons (Fsp3) is 0.467. The molecular formula is C15H16F2N4O. The summed E-state index contributed by atoms with van der Waals surface area (Å²) in [5, 5.41) is 4.39. The fourth-order valence-corrected chi connectivity index (χ4v) is 3.47. The highest BCUT2D eigenvalue weighted by molar-refractivity contribution is 5.24. The normalized spacial score (nSPS) is 26.8. The Balaban J connectivity index is 1.74. The van der Waals surface area contributed by atoms with Gasteiger partial charge in [0.05, 0.1) is 12.1 Å². The van der Waals surface area contributed by atoms with E-state index in [0.29, 0.717) is 24.2 Å². The number of halogens is 2. The van der Waals surface area contributed by atoms with E-state index in [0.717, 1.165) is 18.9 Å². The molecule has 0 radical (unpaired) electrons. The van der Waals surface area contributed by atoms with Crippen LogP contribution in [-0.4, -0.2) is 20.4 Å². The van der Waals surface area contributed by atoms with E-state index in [2.05, 4.69) is 5.10 Å². The molecule has 0 bridgehead atoms. The standard InChI is InChI=1S/C15H16F2N4O/c16-9-3-8(4-10(17)5-9)13-1-2-14-19-21(15(22)20(13)14)12-6-11(18)7-12/h3-5,11-13H,1-2,6-7,18H2/t11?,12?,13-/m0/s1. The third-order valence-corrected chi connectivity index (χ3v) is 4.62. The Morgan fingerprint density at radius 3 is 2.50 bits per heavy atom. The van der Waals surface area contributed by atoms with Crippen LogP contribution in [0, 0.1) is 11.6 Å². The average Bonchev–Trinajstić information content (AvgIpc) is 2.95. The van der Waals surface area contributed by atoms with Crippen LogP contribution >= 0.6 is 0 Å². The Hall–Kier alpha value is -2.02. The summed E-state index contributed by atoms with van der Waals surface area (Å²) in [6.45, 7) is 0. The molecule has 1 aromatic carbocycles. The second-order valence-corrected chi connectivity index (χ2v) is 6.16. The first-order valence-corrected chi connectivity index (χ1v) is 7.44. The maximum Gasteiger partial charge on any atom is 0.346 e. The van der Waals surface area contributed by atoms with Crippen molar-refractivity contribution >= 4 is 0 Å². The third kappa shape index (κ3) is 1.99. The number of nitrogens with two attached hydrogens (primary N) is 1. The molecule has 0 saturated heterocycles. The predicted octanol–water partition coefficient (Wildman–Crippen LogP) is 1.52. The quantitative estimate of drug-likeness (QED) is 0.915. The summed E-state index contributed by atoms with van der Waals surface area (Å²) in [6.07, 6.45) is 2.75. The highest BCUT2D eigenvalue weighted by Gasteiger charge is 2.35. The summed E-state index contributed by atoms with van der Waals surface area (Å²) in [7, 11) is 0. The first-order valence-electron chi connectivity index (χ1n) is 7.44. The summed E-state index contributed by atoms with van der Waals surface area (Å²) >= 11 is 0. The molecule has 1 atom stereocenters. The Bertz CT molecular complexity index is 771. The van der Waals surface area contributed by atoms with Crippen LogP contribution in [0.3, 0.4) is 0 Å². The number of hydrogen-bond donors (Lipinski definition) is 1. The zero-order chi connectivity index (χ0) is 15.4. The number of aromatic nitrogens is 3. The van der Waals surface area contributed by atoms with Gasteiger partial charge in [-0.3, -0.25) is 4.57 Å². The van der Waals surface area contributed by atoms with Gasteiger partial charge in [-0.25, -0.2) is 18.3 Å². The van der Waals surface area contributed by atoms with Gasteiger partial charge in [-0.1, -0.05) is 0 Å². The van der Waals surface area contributed by atoms with Crippen LogP contribution in [-0.2, 0) is 6.42 Å². The van der Waals surface area contributed by atoms with E-state index in [9.17, 15) is 13.6 Å². The lowest BCUT2D eigenvalue weighted by Crippen LogP contribution is -2.42. The molecular weight excluding hydrogens is 290 g/mol. The Morgan fingerprint density at radius 2 is 1.86 bits per heavy atom. The largest absolute Gasteiger partial charge is 0.346 e. The van der Waals surface area contributed by atoms with Crippen LogP contribution in [0.2, 0.25) is 0 Å². The first-order chi connectivity index (χ1) is 10.5. The zero-order valence-electron chi connectivity index (χ0n) is 11.9. The maximum absolute atomic E-state index is 13.4. The highest BCUT2D eigenvalue weighted by Crippen LogP contribution is 2.33. The number of nitrogens with zero attached hydrogens (tertiary/aromatic N) is 3. The van der Waals surface area contributed by atoms with Crippen molar-refractivity contribution in [2.75, 3.05) is 0 Å². The monoisotopic (exact) mass is 306 g/mol. The summed E-state index contributed by atoms with van der Waals surface area (Å²) < 4.78 is 29.9.